The summed E-state index contributed by atoms with van der Waals surface area (Å²) in [5.41, 5.74) is 1.35. The fraction of sp³-hybridized carbons (Fsp3) is 0.200. The summed E-state index contributed by atoms with van der Waals surface area (Å²) in [5, 5.41) is 0. The van der Waals surface area contributed by atoms with Crippen LogP contribution in [-0.2, 0) is 0 Å². The molecule has 0 atom stereocenters. The van der Waals surface area contributed by atoms with Gasteiger partial charge in [0.15, 0.2) is 0 Å². The average molecular weight is 132 g/mol. The number of allylic oxidation sites excluding steroid dienone is 7. The maximum atomic E-state index is 3.65. The van der Waals surface area contributed by atoms with Gasteiger partial charge in [-0.15, -0.1) is 0 Å². The van der Waals surface area contributed by atoms with Gasteiger partial charge in [0.25, 0.3) is 0 Å². The fourth-order valence-electron chi connectivity index (χ4n) is 1.03. The van der Waals surface area contributed by atoms with E-state index in [1.54, 1.807) is 0 Å². The van der Waals surface area contributed by atoms with E-state index >= 15 is 0 Å². The van der Waals surface area contributed by atoms with Crippen LogP contribution in [-0.4, -0.2) is 0 Å². The molecule has 0 saturated carbocycles. The maximum Gasteiger partial charge on any atom is 0.0163 e. The van der Waals surface area contributed by atoms with Crippen LogP contribution >= 0.6 is 0 Å². The first-order chi connectivity index (χ1) is 4.84. The Morgan fingerprint density at radius 1 is 1.40 bits per heavy atom. The number of hydrogen-bond donors (Lipinski definition) is 0. The molecule has 0 bridgehead atoms. The lowest BCUT2D eigenvalue weighted by molar-refractivity contribution is 0.984. The monoisotopic (exact) mass is 132 g/mol. The van der Waals surface area contributed by atoms with E-state index in [9.17, 15) is 0 Å². The normalized spacial score (nSPS) is 18.3. The van der Waals surface area contributed by atoms with Gasteiger partial charge in [-0.05, 0) is 6.92 Å². The van der Waals surface area contributed by atoms with Gasteiger partial charge in [-0.1, -0.05) is 48.6 Å². The Labute approximate surface area is 62.3 Å². The van der Waals surface area contributed by atoms with Crippen LogP contribution in [0.2, 0.25) is 0 Å². The zero-order chi connectivity index (χ0) is 7.40. The van der Waals surface area contributed by atoms with Crippen molar-refractivity contribution in [2.45, 2.75) is 6.92 Å². The van der Waals surface area contributed by atoms with Crippen LogP contribution in [0.5, 0.6) is 0 Å². The summed E-state index contributed by atoms with van der Waals surface area (Å²) >= 11 is 0. The van der Waals surface area contributed by atoms with Gasteiger partial charge in [-0.3, -0.25) is 0 Å². The minimum Gasteiger partial charge on any atom is -0.0991 e. The van der Waals surface area contributed by atoms with E-state index < -0.39 is 0 Å². The van der Waals surface area contributed by atoms with E-state index in [0.29, 0.717) is 5.92 Å². The Hall–Kier alpha value is -1.04. The summed E-state index contributed by atoms with van der Waals surface area (Å²) < 4.78 is 0. The molecule has 1 aliphatic rings. The molecule has 0 N–H and O–H groups in total. The zero-order valence-corrected chi connectivity index (χ0v) is 6.25. The van der Waals surface area contributed by atoms with E-state index in [-0.39, 0.29) is 0 Å². The fourth-order valence-corrected chi connectivity index (χ4v) is 1.03. The predicted octanol–water partition coefficient (Wildman–Crippen LogP) is 2.86. The van der Waals surface area contributed by atoms with Gasteiger partial charge in [0.2, 0.25) is 0 Å². The molecular weight excluding hydrogens is 120 g/mol. The summed E-state index contributed by atoms with van der Waals surface area (Å²) in [4.78, 5) is 0. The van der Waals surface area contributed by atoms with Gasteiger partial charge < -0.3 is 0 Å². The van der Waals surface area contributed by atoms with Gasteiger partial charge in [0, 0.05) is 5.92 Å². The minimum atomic E-state index is 0.512. The molecule has 0 aromatic heterocycles. The Bertz CT molecular complexity index is 192. The highest BCUT2D eigenvalue weighted by molar-refractivity contribution is 5.29. The quantitative estimate of drug-likeness (QED) is 0.507. The van der Waals surface area contributed by atoms with Crippen LogP contribution in [0, 0.1) is 5.92 Å². The topological polar surface area (TPSA) is 0 Å². The molecule has 0 radical (unpaired) electrons. The van der Waals surface area contributed by atoms with Crippen molar-refractivity contribution in [1.29, 1.82) is 0 Å². The molecule has 0 unspecified atom stereocenters. The lowest BCUT2D eigenvalue weighted by Crippen LogP contribution is -1.89. The lowest BCUT2D eigenvalue weighted by Gasteiger charge is -2.02. The van der Waals surface area contributed by atoms with Crippen molar-refractivity contribution in [2.75, 3.05) is 0 Å². The second-order valence-corrected chi connectivity index (χ2v) is 2.44. The highest BCUT2D eigenvalue weighted by Crippen LogP contribution is 2.17. The van der Waals surface area contributed by atoms with Crippen molar-refractivity contribution in [3.05, 3.63) is 48.6 Å². The molecule has 0 aromatic carbocycles. The van der Waals surface area contributed by atoms with E-state index in [1.807, 2.05) is 12.2 Å². The summed E-state index contributed by atoms with van der Waals surface area (Å²) in [6.45, 7) is 5.76. The third-order valence-electron chi connectivity index (χ3n) is 1.65. The van der Waals surface area contributed by atoms with Crippen molar-refractivity contribution < 1.29 is 0 Å². The van der Waals surface area contributed by atoms with E-state index in [4.69, 9.17) is 0 Å². The van der Waals surface area contributed by atoms with Crippen LogP contribution in [0.3, 0.4) is 0 Å². The summed E-state index contributed by atoms with van der Waals surface area (Å²) in [7, 11) is 0. The highest BCUT2D eigenvalue weighted by Gasteiger charge is 2.03. The predicted molar refractivity (Wildman–Crippen MR) is 45.7 cm³/mol. The first kappa shape index (κ1) is 7.07. The van der Waals surface area contributed by atoms with Crippen LogP contribution in [0.15, 0.2) is 48.6 Å². The molecule has 0 fully saturated rings. The standard InChI is InChI=1S/C10H12/c1-3-6-9(2)10-7-4-5-8-10/h3-8,10H,1H2,2H3/b9-6+. The third kappa shape index (κ3) is 1.47. The van der Waals surface area contributed by atoms with Crippen molar-refractivity contribution in [3.63, 3.8) is 0 Å². The van der Waals surface area contributed by atoms with Crippen LogP contribution in [0.4, 0.5) is 0 Å². The van der Waals surface area contributed by atoms with Crippen LogP contribution in [0.25, 0.3) is 0 Å². The first-order valence-corrected chi connectivity index (χ1v) is 3.49. The first-order valence-electron chi connectivity index (χ1n) is 3.49. The smallest absolute Gasteiger partial charge is 0.0163 e. The molecule has 10 heavy (non-hydrogen) atoms. The molecule has 0 aliphatic heterocycles. The lowest BCUT2D eigenvalue weighted by atomic mass is 10.0. The van der Waals surface area contributed by atoms with Crippen LogP contribution < -0.4 is 0 Å². The molecule has 0 amide bonds. The second-order valence-electron chi connectivity index (χ2n) is 2.44. The van der Waals surface area contributed by atoms with Gasteiger partial charge in [-0.25, -0.2) is 0 Å². The largest absolute Gasteiger partial charge is 0.0991 e. The molecule has 52 valence electrons. The van der Waals surface area contributed by atoms with Gasteiger partial charge >= 0.3 is 0 Å². The zero-order valence-electron chi connectivity index (χ0n) is 6.25. The van der Waals surface area contributed by atoms with E-state index in [2.05, 4.69) is 37.8 Å². The van der Waals surface area contributed by atoms with Crippen LogP contribution in [0.1, 0.15) is 6.92 Å². The molecule has 1 rings (SSSR count). The van der Waals surface area contributed by atoms with Crippen molar-refractivity contribution in [1.82, 2.24) is 0 Å². The second kappa shape index (κ2) is 3.21. The molecular formula is C10H12. The molecule has 0 nitrogen and oxygen atoms in total. The van der Waals surface area contributed by atoms with Gasteiger partial charge in [0.1, 0.15) is 0 Å². The molecule has 0 spiro atoms. The average Bonchev–Trinajstić information content (AvgIpc) is 2.38. The summed E-state index contributed by atoms with van der Waals surface area (Å²) in [6.07, 6.45) is 12.4. The van der Waals surface area contributed by atoms with Gasteiger partial charge in [-0.2, -0.15) is 0 Å². The molecule has 1 aliphatic carbocycles. The minimum absolute atomic E-state index is 0.512. The summed E-state index contributed by atoms with van der Waals surface area (Å²) in [6, 6.07) is 0. The van der Waals surface area contributed by atoms with Crippen molar-refractivity contribution in [3.8, 4) is 0 Å². The molecule has 0 saturated heterocycles. The number of hydrogen-bond acceptors (Lipinski definition) is 0. The van der Waals surface area contributed by atoms with Crippen molar-refractivity contribution >= 4 is 0 Å². The molecule has 0 aromatic rings. The van der Waals surface area contributed by atoms with E-state index in [0.717, 1.165) is 0 Å². The SMILES string of the molecule is C=C/C=C(\C)C1C=CC=C1. The molecule has 0 heteroatoms. The van der Waals surface area contributed by atoms with Crippen molar-refractivity contribution in [2.24, 2.45) is 5.92 Å². The third-order valence-corrected chi connectivity index (χ3v) is 1.65. The Balaban J connectivity index is 2.65. The van der Waals surface area contributed by atoms with Gasteiger partial charge in [0.05, 0.1) is 0 Å². The summed E-state index contributed by atoms with van der Waals surface area (Å²) in [5.74, 6) is 0.512. The Morgan fingerprint density at radius 2 is 2.00 bits per heavy atom. The Kier molecular flexibility index (Phi) is 2.27. The van der Waals surface area contributed by atoms with E-state index in [1.165, 1.54) is 5.57 Å². The number of rotatable bonds is 2. The molecule has 0 heterocycles. The maximum absolute atomic E-state index is 3.65. The highest BCUT2D eigenvalue weighted by atomic mass is 14.1. The Morgan fingerprint density at radius 3 is 2.50 bits per heavy atom.